The minimum absolute atomic E-state index is 0.0725. The van der Waals surface area contributed by atoms with Crippen molar-refractivity contribution in [3.63, 3.8) is 0 Å². The van der Waals surface area contributed by atoms with Gasteiger partial charge in [-0.3, -0.25) is 9.69 Å². The summed E-state index contributed by atoms with van der Waals surface area (Å²) in [7, 11) is 2.10. The van der Waals surface area contributed by atoms with Gasteiger partial charge in [0.15, 0.2) is 0 Å². The molecule has 1 aromatic rings. The van der Waals surface area contributed by atoms with Crippen LogP contribution in [0.5, 0.6) is 0 Å². The molecule has 3 fully saturated rings. The Labute approximate surface area is 220 Å². The number of aliphatic hydroxyl groups excluding tert-OH is 1. The van der Waals surface area contributed by atoms with Crippen molar-refractivity contribution in [2.75, 3.05) is 25.0 Å². The third-order valence-electron chi connectivity index (χ3n) is 8.18. The molecule has 7 atom stereocenters. The first-order chi connectivity index (χ1) is 17.4. The van der Waals surface area contributed by atoms with Crippen LogP contribution in [0.4, 0.5) is 10.1 Å². The van der Waals surface area contributed by atoms with Gasteiger partial charge in [0.25, 0.3) is 0 Å². The molecule has 1 saturated carbocycles. The normalized spacial score (nSPS) is 30.2. The number of anilines is 1. The van der Waals surface area contributed by atoms with Gasteiger partial charge in [0.05, 0.1) is 17.7 Å². The van der Waals surface area contributed by atoms with Crippen LogP contribution in [0.1, 0.15) is 59.4 Å². The summed E-state index contributed by atoms with van der Waals surface area (Å²) in [6, 6.07) is 6.55. The van der Waals surface area contributed by atoms with Crippen LogP contribution in [0, 0.1) is 23.1 Å². The maximum atomic E-state index is 15.2. The van der Waals surface area contributed by atoms with E-state index in [9.17, 15) is 15.2 Å². The number of amides is 1. The summed E-state index contributed by atoms with van der Waals surface area (Å²) >= 11 is 0. The fourth-order valence-corrected chi connectivity index (χ4v) is 6.21. The molecule has 1 amide bonds. The minimum Gasteiger partial charge on any atom is -0.366 e. The van der Waals surface area contributed by atoms with Gasteiger partial charge in [-0.2, -0.15) is 5.26 Å². The molecule has 3 unspecified atom stereocenters. The van der Waals surface area contributed by atoms with Crippen LogP contribution in [0.2, 0.25) is 0 Å². The fourth-order valence-electron chi connectivity index (χ4n) is 6.21. The molecule has 2 saturated heterocycles. The van der Waals surface area contributed by atoms with Crippen LogP contribution in [0.25, 0.3) is 0 Å². The number of fused-ring (bicyclic) bond motifs is 2. The van der Waals surface area contributed by atoms with Gasteiger partial charge in [0, 0.05) is 43.3 Å². The molecule has 204 valence electrons. The summed E-state index contributed by atoms with van der Waals surface area (Å²) in [5, 5.41) is 23.4. The lowest BCUT2D eigenvalue weighted by Gasteiger charge is -2.43. The molecule has 2 aliphatic heterocycles. The van der Waals surface area contributed by atoms with Gasteiger partial charge in [-0.15, -0.1) is 0 Å². The molecule has 0 spiro atoms. The lowest BCUT2D eigenvalue weighted by atomic mass is 9.97. The highest BCUT2D eigenvalue weighted by Crippen LogP contribution is 2.44. The van der Waals surface area contributed by atoms with E-state index in [4.69, 9.17) is 4.74 Å². The summed E-state index contributed by atoms with van der Waals surface area (Å²) in [5.41, 5.74) is 0.657. The fraction of sp³-hybridized carbons (Fsp3) is 0.714. The van der Waals surface area contributed by atoms with Crippen LogP contribution < -0.4 is 10.2 Å². The van der Waals surface area contributed by atoms with Crippen molar-refractivity contribution >= 4 is 11.6 Å². The van der Waals surface area contributed by atoms with Gasteiger partial charge in [0.2, 0.25) is 12.3 Å². The van der Waals surface area contributed by atoms with Gasteiger partial charge in [-0.25, -0.2) is 9.29 Å². The highest BCUT2D eigenvalue weighted by Gasteiger charge is 2.52. The van der Waals surface area contributed by atoms with Crippen molar-refractivity contribution in [2.45, 2.75) is 103 Å². The molecular formula is C28H42FN5O3. The second kappa shape index (κ2) is 10.9. The Morgan fingerprint density at radius 3 is 2.65 bits per heavy atom. The van der Waals surface area contributed by atoms with Crippen molar-refractivity contribution in [1.82, 2.24) is 15.1 Å². The van der Waals surface area contributed by atoms with Crippen LogP contribution in [-0.4, -0.2) is 83.2 Å². The van der Waals surface area contributed by atoms with E-state index >= 15 is 4.39 Å². The van der Waals surface area contributed by atoms with Crippen molar-refractivity contribution in [1.29, 1.82) is 5.26 Å². The summed E-state index contributed by atoms with van der Waals surface area (Å²) in [4.78, 5) is 19.6. The smallest absolute Gasteiger partial charge is 0.238 e. The van der Waals surface area contributed by atoms with E-state index in [0.717, 1.165) is 38.0 Å². The average molecular weight is 516 g/mol. The summed E-state index contributed by atoms with van der Waals surface area (Å²) in [6.07, 6.45) is 1.50. The van der Waals surface area contributed by atoms with E-state index < -0.39 is 24.1 Å². The zero-order chi connectivity index (χ0) is 27.1. The first-order valence-electron chi connectivity index (χ1n) is 13.5. The van der Waals surface area contributed by atoms with Gasteiger partial charge >= 0.3 is 0 Å². The molecule has 0 aromatic heterocycles. The average Bonchev–Trinajstić information content (AvgIpc) is 3.43. The van der Waals surface area contributed by atoms with E-state index in [0.29, 0.717) is 11.6 Å². The van der Waals surface area contributed by atoms with E-state index in [1.165, 1.54) is 6.07 Å². The van der Waals surface area contributed by atoms with Crippen molar-refractivity contribution < 1.29 is 19.0 Å². The van der Waals surface area contributed by atoms with Gasteiger partial charge in [0.1, 0.15) is 11.9 Å². The van der Waals surface area contributed by atoms with Crippen LogP contribution >= 0.6 is 0 Å². The lowest BCUT2D eigenvalue weighted by Crippen LogP contribution is -2.57. The molecule has 4 rings (SSSR count). The van der Waals surface area contributed by atoms with E-state index in [1.807, 2.05) is 26.8 Å². The summed E-state index contributed by atoms with van der Waals surface area (Å²) in [5.74, 6) is -0.583. The van der Waals surface area contributed by atoms with Crippen LogP contribution in [-0.2, 0) is 16.0 Å². The van der Waals surface area contributed by atoms with E-state index in [2.05, 4.69) is 42.1 Å². The number of likely N-dealkylation sites (tertiary alicyclic amines) is 1. The van der Waals surface area contributed by atoms with Crippen LogP contribution in [0.3, 0.4) is 0 Å². The molecular weight excluding hydrogens is 473 g/mol. The molecule has 2 bridgehead atoms. The number of hydrogen-bond donors (Lipinski definition) is 2. The van der Waals surface area contributed by atoms with E-state index in [-0.39, 0.29) is 36.1 Å². The largest absolute Gasteiger partial charge is 0.366 e. The Morgan fingerprint density at radius 2 is 2.00 bits per heavy atom. The molecule has 2 heterocycles. The number of aliphatic hydroxyl groups is 1. The number of nitrogens with zero attached hydrogens (tertiary/aromatic N) is 4. The molecule has 0 radical (unpaired) electrons. The maximum Gasteiger partial charge on any atom is 0.238 e. The number of rotatable bonds is 7. The standard InChI is InChI=1S/C28H42FN5O3/c1-17-16-33(18(2)15-32(17)6)22-9-7-19(24(29)13-22)11-21(14-30)31-26(35)25-20-8-10-23(12-20)34(25)27(36)37-28(3,4)5/h7,9,13,17-18,20-21,23,25,27,36H,8,10-12,15-16H2,1-6H3,(H,31,35)/t17?,18?,20-,21-,23+,25-,27?/m0/s1. The number of carbonyl (C=O) groups is 1. The second-order valence-electron chi connectivity index (χ2n) is 12.1. The number of piperazine rings is 1. The second-order valence-corrected chi connectivity index (χ2v) is 12.1. The highest BCUT2D eigenvalue weighted by molar-refractivity contribution is 5.83. The minimum atomic E-state index is -1.20. The molecule has 1 aliphatic carbocycles. The third kappa shape index (κ3) is 6.09. The Balaban J connectivity index is 1.43. The maximum absolute atomic E-state index is 15.2. The Kier molecular flexibility index (Phi) is 8.15. The van der Waals surface area contributed by atoms with E-state index in [1.54, 1.807) is 11.0 Å². The van der Waals surface area contributed by atoms with Gasteiger partial charge in [-0.05, 0) is 84.5 Å². The van der Waals surface area contributed by atoms with Crippen molar-refractivity contribution in [3.05, 3.63) is 29.6 Å². The number of benzene rings is 1. The molecule has 9 heteroatoms. The van der Waals surface area contributed by atoms with Gasteiger partial charge < -0.3 is 20.1 Å². The monoisotopic (exact) mass is 515 g/mol. The first-order valence-corrected chi connectivity index (χ1v) is 13.5. The van der Waals surface area contributed by atoms with Crippen molar-refractivity contribution in [2.24, 2.45) is 5.92 Å². The number of piperidine rings is 1. The number of hydrogen-bond acceptors (Lipinski definition) is 7. The quantitative estimate of drug-likeness (QED) is 0.540. The highest BCUT2D eigenvalue weighted by atomic mass is 19.1. The Bertz CT molecular complexity index is 1020. The topological polar surface area (TPSA) is 92.1 Å². The SMILES string of the molecule is CC1CN(c2ccc(C[C@@H](C#N)NC(=O)[C@@H]3[C@H]4CC[C@H](C4)N3C(O)OC(C)(C)C)c(F)c2)C(C)CN1C. The number of carbonyl (C=O) groups excluding carboxylic acids is 1. The molecule has 1 aromatic carbocycles. The zero-order valence-electron chi connectivity index (χ0n) is 22.9. The summed E-state index contributed by atoms with van der Waals surface area (Å²) < 4.78 is 20.9. The molecule has 8 nitrogen and oxygen atoms in total. The van der Waals surface area contributed by atoms with Crippen LogP contribution in [0.15, 0.2) is 18.2 Å². The predicted molar refractivity (Wildman–Crippen MR) is 140 cm³/mol. The number of nitriles is 1. The molecule has 3 aliphatic rings. The number of ether oxygens (including phenoxy) is 1. The lowest BCUT2D eigenvalue weighted by molar-refractivity contribution is -0.254. The Hall–Kier alpha value is -2.25. The summed E-state index contributed by atoms with van der Waals surface area (Å²) in [6.45, 7) is 11.6. The predicted octanol–water partition coefficient (Wildman–Crippen LogP) is 2.85. The zero-order valence-corrected chi connectivity index (χ0v) is 22.9. The first kappa shape index (κ1) is 27.8. The number of likely N-dealkylation sites (N-methyl/N-ethyl adjacent to an activating group) is 1. The Morgan fingerprint density at radius 1 is 1.27 bits per heavy atom. The number of nitrogens with one attached hydrogen (secondary N) is 1. The van der Waals surface area contributed by atoms with Gasteiger partial charge in [-0.1, -0.05) is 6.07 Å². The third-order valence-corrected chi connectivity index (χ3v) is 8.18. The molecule has 37 heavy (non-hydrogen) atoms. The number of halogens is 1. The van der Waals surface area contributed by atoms with Crippen molar-refractivity contribution in [3.8, 4) is 6.07 Å². The molecule has 2 N–H and O–H groups in total.